The molecule has 1 fully saturated rings. The summed E-state index contributed by atoms with van der Waals surface area (Å²) in [5, 5.41) is 9.39. The van der Waals surface area contributed by atoms with Gasteiger partial charge in [0, 0.05) is 45.6 Å². The summed E-state index contributed by atoms with van der Waals surface area (Å²) in [6, 6.07) is 26.0. The maximum atomic E-state index is 5.31. The van der Waals surface area contributed by atoms with Crippen molar-refractivity contribution in [2.75, 3.05) is 46.9 Å². The van der Waals surface area contributed by atoms with Crippen LogP contribution in [0.5, 0.6) is 5.75 Å². The van der Waals surface area contributed by atoms with Crippen molar-refractivity contribution in [2.24, 2.45) is 0 Å². The molecule has 3 aromatic carbocycles. The molecule has 0 radical (unpaired) electrons. The number of likely N-dealkylation sites (N-methyl/N-ethyl adjacent to an activating group) is 1. The van der Waals surface area contributed by atoms with Crippen molar-refractivity contribution in [3.8, 4) is 22.6 Å². The summed E-state index contributed by atoms with van der Waals surface area (Å²) in [5.41, 5.74) is 8.41. The first kappa shape index (κ1) is 28.1. The molecule has 0 saturated carbocycles. The summed E-state index contributed by atoms with van der Waals surface area (Å²) in [6.45, 7) is 7.77. The second kappa shape index (κ2) is 13.7. The Hall–Kier alpha value is -3.48. The van der Waals surface area contributed by atoms with E-state index in [2.05, 4.69) is 94.3 Å². The second-order valence-corrected chi connectivity index (χ2v) is 11.0. The predicted molar refractivity (Wildman–Crippen MR) is 163 cm³/mol. The molecular weight excluding hydrogens is 494 g/mol. The van der Waals surface area contributed by atoms with Crippen LogP contribution in [0.3, 0.4) is 0 Å². The lowest BCUT2D eigenvalue weighted by Crippen LogP contribution is -2.45. The highest BCUT2D eigenvalue weighted by Gasteiger charge is 2.18. The van der Waals surface area contributed by atoms with Crippen LogP contribution in [-0.4, -0.2) is 71.7 Å². The Bertz CT molecular complexity index is 1320. The Balaban J connectivity index is 1.35. The molecule has 1 aliphatic heterocycles. The van der Waals surface area contributed by atoms with Crippen LogP contribution in [0.15, 0.2) is 72.8 Å². The molecule has 0 spiro atoms. The minimum Gasteiger partial charge on any atom is -0.497 e. The quantitative estimate of drug-likeness (QED) is 0.206. The van der Waals surface area contributed by atoms with Crippen LogP contribution in [0.25, 0.3) is 16.8 Å². The Kier molecular flexibility index (Phi) is 9.63. The van der Waals surface area contributed by atoms with Gasteiger partial charge >= 0.3 is 0 Å². The Morgan fingerprint density at radius 1 is 0.750 bits per heavy atom. The van der Waals surface area contributed by atoms with Crippen LogP contribution >= 0.6 is 0 Å². The van der Waals surface area contributed by atoms with Crippen molar-refractivity contribution < 1.29 is 4.74 Å². The summed E-state index contributed by atoms with van der Waals surface area (Å²) in [4.78, 5) is 4.96. The van der Waals surface area contributed by atoms with Gasteiger partial charge in [-0.1, -0.05) is 73.5 Å². The van der Waals surface area contributed by atoms with Crippen LogP contribution < -0.4 is 4.74 Å². The fraction of sp³-hybridized carbons (Fsp3) is 0.412. The molecular formula is C34H43N5O. The largest absolute Gasteiger partial charge is 0.497 e. The van der Waals surface area contributed by atoms with E-state index in [1.807, 2.05) is 12.1 Å². The van der Waals surface area contributed by atoms with Gasteiger partial charge in [0.25, 0.3) is 0 Å². The van der Waals surface area contributed by atoms with E-state index in [1.165, 1.54) is 47.2 Å². The van der Waals surface area contributed by atoms with Gasteiger partial charge in [-0.3, -0.25) is 0 Å². The number of aryl methyl sites for hydroxylation is 1. The lowest BCUT2D eigenvalue weighted by atomic mass is 10.0. The van der Waals surface area contributed by atoms with E-state index < -0.39 is 0 Å². The molecule has 0 unspecified atom stereocenters. The van der Waals surface area contributed by atoms with Crippen LogP contribution in [0, 0.1) is 0 Å². The number of rotatable bonds is 12. The van der Waals surface area contributed by atoms with Gasteiger partial charge in [-0.2, -0.15) is 0 Å². The number of methoxy groups -OCH3 is 1. The average molecular weight is 538 g/mol. The molecule has 0 atom stereocenters. The van der Waals surface area contributed by atoms with Gasteiger partial charge in [-0.15, -0.1) is 5.10 Å². The number of aromatic nitrogens is 3. The molecule has 40 heavy (non-hydrogen) atoms. The standard InChI is InChI=1S/C34H43N5O/c1-4-5-6-7-27-10-16-31(17-11-27)39-34(33(35-36-39)20-21-38-24-22-37(2)23-25-38)26-28-8-12-29(13-9-28)30-14-18-32(40-3)19-15-30/h8-19H,4-7,20-26H2,1-3H3. The van der Waals surface area contributed by atoms with Crippen molar-refractivity contribution in [1.82, 2.24) is 24.8 Å². The van der Waals surface area contributed by atoms with Crippen LogP contribution in [-0.2, 0) is 19.3 Å². The third-order valence-electron chi connectivity index (χ3n) is 8.10. The fourth-order valence-corrected chi connectivity index (χ4v) is 5.42. The number of ether oxygens (including phenoxy) is 1. The number of unbranched alkanes of at least 4 members (excludes halogenated alkanes) is 2. The number of nitrogens with zero attached hydrogens (tertiary/aromatic N) is 5. The summed E-state index contributed by atoms with van der Waals surface area (Å²) < 4.78 is 7.38. The SMILES string of the molecule is CCCCCc1ccc(-n2nnc(CCN3CCN(C)CC3)c2Cc2ccc(-c3ccc(OC)cc3)cc2)cc1. The molecule has 1 aromatic heterocycles. The highest BCUT2D eigenvalue weighted by Crippen LogP contribution is 2.25. The molecule has 0 aliphatic carbocycles. The molecule has 0 N–H and O–H groups in total. The molecule has 1 aliphatic rings. The normalized spacial score (nSPS) is 14.5. The first-order valence-electron chi connectivity index (χ1n) is 14.8. The van der Waals surface area contributed by atoms with E-state index >= 15 is 0 Å². The Morgan fingerprint density at radius 2 is 1.40 bits per heavy atom. The van der Waals surface area contributed by atoms with Gasteiger partial charge in [0.15, 0.2) is 0 Å². The van der Waals surface area contributed by atoms with Gasteiger partial charge in [-0.25, -0.2) is 4.68 Å². The minimum atomic E-state index is 0.798. The number of piperazine rings is 1. The lowest BCUT2D eigenvalue weighted by molar-refractivity contribution is 0.155. The maximum absolute atomic E-state index is 5.31. The van der Waals surface area contributed by atoms with Crippen molar-refractivity contribution in [3.63, 3.8) is 0 Å². The highest BCUT2D eigenvalue weighted by molar-refractivity contribution is 5.64. The summed E-state index contributed by atoms with van der Waals surface area (Å²) in [7, 11) is 3.90. The fourth-order valence-electron chi connectivity index (χ4n) is 5.42. The first-order chi connectivity index (χ1) is 19.6. The third kappa shape index (κ3) is 7.18. The highest BCUT2D eigenvalue weighted by atomic mass is 16.5. The molecule has 0 bridgehead atoms. The van der Waals surface area contributed by atoms with E-state index in [4.69, 9.17) is 9.84 Å². The minimum absolute atomic E-state index is 0.798. The molecule has 6 nitrogen and oxygen atoms in total. The van der Waals surface area contributed by atoms with E-state index in [1.54, 1.807) is 7.11 Å². The molecule has 210 valence electrons. The van der Waals surface area contributed by atoms with Gasteiger partial charge in [-0.05, 0) is 66.4 Å². The summed E-state index contributed by atoms with van der Waals surface area (Å²) in [6.07, 6.45) is 6.62. The zero-order chi connectivity index (χ0) is 27.7. The zero-order valence-electron chi connectivity index (χ0n) is 24.4. The van der Waals surface area contributed by atoms with Crippen molar-refractivity contribution in [1.29, 1.82) is 0 Å². The number of hydrogen-bond acceptors (Lipinski definition) is 5. The Morgan fingerprint density at radius 3 is 2.05 bits per heavy atom. The van der Waals surface area contributed by atoms with Gasteiger partial charge < -0.3 is 14.5 Å². The zero-order valence-corrected chi connectivity index (χ0v) is 24.4. The van der Waals surface area contributed by atoms with Gasteiger partial charge in [0.2, 0.25) is 0 Å². The van der Waals surface area contributed by atoms with Crippen LogP contribution in [0.4, 0.5) is 0 Å². The van der Waals surface area contributed by atoms with Gasteiger partial charge in [0.05, 0.1) is 24.2 Å². The van der Waals surface area contributed by atoms with Crippen LogP contribution in [0.2, 0.25) is 0 Å². The monoisotopic (exact) mass is 537 g/mol. The van der Waals surface area contributed by atoms with Gasteiger partial charge in [0.1, 0.15) is 5.75 Å². The topological polar surface area (TPSA) is 46.4 Å². The molecule has 6 heteroatoms. The lowest BCUT2D eigenvalue weighted by Gasteiger charge is -2.32. The predicted octanol–water partition coefficient (Wildman–Crippen LogP) is 6.06. The van der Waals surface area contributed by atoms with E-state index in [0.29, 0.717) is 0 Å². The molecule has 0 amide bonds. The van der Waals surface area contributed by atoms with Crippen molar-refractivity contribution in [2.45, 2.75) is 45.4 Å². The van der Waals surface area contributed by atoms with Crippen LogP contribution in [0.1, 0.15) is 48.7 Å². The van der Waals surface area contributed by atoms with E-state index in [0.717, 1.165) is 69.1 Å². The van der Waals surface area contributed by atoms with Crippen molar-refractivity contribution in [3.05, 3.63) is 95.3 Å². The molecule has 1 saturated heterocycles. The third-order valence-corrected chi connectivity index (χ3v) is 8.10. The first-order valence-corrected chi connectivity index (χ1v) is 14.8. The molecule has 2 heterocycles. The number of benzene rings is 3. The second-order valence-electron chi connectivity index (χ2n) is 11.0. The Labute approximate surface area is 239 Å². The summed E-state index contributed by atoms with van der Waals surface area (Å²) in [5.74, 6) is 0.874. The smallest absolute Gasteiger partial charge is 0.118 e. The molecule has 4 aromatic rings. The maximum Gasteiger partial charge on any atom is 0.118 e. The van der Waals surface area contributed by atoms with E-state index in [-0.39, 0.29) is 0 Å². The van der Waals surface area contributed by atoms with Crippen molar-refractivity contribution >= 4 is 0 Å². The molecule has 5 rings (SSSR count). The summed E-state index contributed by atoms with van der Waals surface area (Å²) >= 11 is 0. The van der Waals surface area contributed by atoms with E-state index in [9.17, 15) is 0 Å². The number of hydrogen-bond donors (Lipinski definition) is 0. The average Bonchev–Trinajstić information content (AvgIpc) is 3.40.